The summed E-state index contributed by atoms with van der Waals surface area (Å²) in [5, 5.41) is 7.60. The van der Waals surface area contributed by atoms with E-state index in [1.165, 1.54) is 5.56 Å². The highest BCUT2D eigenvalue weighted by Gasteiger charge is 2.18. The summed E-state index contributed by atoms with van der Waals surface area (Å²) in [4.78, 5) is 12.9. The number of amides is 1. The van der Waals surface area contributed by atoms with Gasteiger partial charge in [-0.1, -0.05) is 65.7 Å². The highest BCUT2D eigenvalue weighted by atomic mass is 16.1. The maximum atomic E-state index is 12.9. The lowest BCUT2D eigenvalue weighted by Crippen LogP contribution is -2.13. The van der Waals surface area contributed by atoms with Crippen molar-refractivity contribution in [1.82, 2.24) is 9.78 Å². The van der Waals surface area contributed by atoms with Crippen LogP contribution in [0, 0.1) is 20.8 Å². The predicted octanol–water partition coefficient (Wildman–Crippen LogP) is 5.72. The Labute approximate surface area is 170 Å². The maximum Gasteiger partial charge on any atom is 0.276 e. The second-order valence-electron chi connectivity index (χ2n) is 7.30. The molecule has 0 atom stereocenters. The van der Waals surface area contributed by atoms with Gasteiger partial charge in [0.05, 0.1) is 11.4 Å². The first-order valence-corrected chi connectivity index (χ1v) is 9.62. The molecule has 1 amide bonds. The van der Waals surface area contributed by atoms with Gasteiger partial charge in [0.15, 0.2) is 5.69 Å². The van der Waals surface area contributed by atoms with Gasteiger partial charge in [-0.2, -0.15) is 5.10 Å². The first-order valence-electron chi connectivity index (χ1n) is 9.62. The fourth-order valence-electron chi connectivity index (χ4n) is 3.24. The van der Waals surface area contributed by atoms with Crippen LogP contribution in [0.5, 0.6) is 0 Å². The quantitative estimate of drug-likeness (QED) is 0.492. The Hall–Kier alpha value is -3.66. The first kappa shape index (κ1) is 18.7. The van der Waals surface area contributed by atoms with Gasteiger partial charge in [0.25, 0.3) is 5.91 Å². The SMILES string of the molecule is Cc1ccc(NC(=O)c2cc(-c3ccc(C)cc3)n(-c3ccccc3C)n2)cc1. The summed E-state index contributed by atoms with van der Waals surface area (Å²) in [5.41, 5.74) is 7.41. The Morgan fingerprint density at radius 1 is 0.828 bits per heavy atom. The number of carbonyl (C=O) groups excluding carboxylic acids is 1. The van der Waals surface area contributed by atoms with Gasteiger partial charge in [0, 0.05) is 11.3 Å². The summed E-state index contributed by atoms with van der Waals surface area (Å²) in [6.45, 7) is 6.12. The number of anilines is 1. The second kappa shape index (κ2) is 7.76. The van der Waals surface area contributed by atoms with Crippen molar-refractivity contribution in [1.29, 1.82) is 0 Å². The molecule has 0 aliphatic rings. The zero-order chi connectivity index (χ0) is 20.4. The maximum absolute atomic E-state index is 12.9. The predicted molar refractivity (Wildman–Crippen MR) is 118 cm³/mol. The molecule has 4 nitrogen and oxygen atoms in total. The lowest BCUT2D eigenvalue weighted by Gasteiger charge is -2.10. The van der Waals surface area contributed by atoms with Crippen molar-refractivity contribution in [3.63, 3.8) is 0 Å². The van der Waals surface area contributed by atoms with Crippen LogP contribution in [0.4, 0.5) is 5.69 Å². The van der Waals surface area contributed by atoms with E-state index in [0.717, 1.165) is 33.8 Å². The molecule has 4 aromatic rings. The van der Waals surface area contributed by atoms with E-state index in [2.05, 4.69) is 41.6 Å². The van der Waals surface area contributed by atoms with E-state index in [9.17, 15) is 4.79 Å². The fraction of sp³-hybridized carbons (Fsp3) is 0.120. The highest BCUT2D eigenvalue weighted by Crippen LogP contribution is 2.26. The molecular formula is C25H23N3O. The number of hydrogen-bond donors (Lipinski definition) is 1. The van der Waals surface area contributed by atoms with Crippen LogP contribution in [0.3, 0.4) is 0 Å². The van der Waals surface area contributed by atoms with Gasteiger partial charge >= 0.3 is 0 Å². The molecule has 4 heteroatoms. The molecule has 0 saturated heterocycles. The van der Waals surface area contributed by atoms with Gasteiger partial charge in [-0.15, -0.1) is 0 Å². The molecule has 0 aliphatic carbocycles. The van der Waals surface area contributed by atoms with Gasteiger partial charge in [0.1, 0.15) is 0 Å². The summed E-state index contributed by atoms with van der Waals surface area (Å²) in [6.07, 6.45) is 0. The van der Waals surface area contributed by atoms with Crippen molar-refractivity contribution in [3.8, 4) is 16.9 Å². The molecule has 0 bridgehead atoms. The zero-order valence-electron chi connectivity index (χ0n) is 16.8. The number of benzene rings is 3. The van der Waals surface area contributed by atoms with Crippen molar-refractivity contribution in [3.05, 3.63) is 101 Å². The molecular weight excluding hydrogens is 358 g/mol. The van der Waals surface area contributed by atoms with E-state index in [-0.39, 0.29) is 5.91 Å². The largest absolute Gasteiger partial charge is 0.321 e. The lowest BCUT2D eigenvalue weighted by molar-refractivity contribution is 0.102. The summed E-state index contributed by atoms with van der Waals surface area (Å²) in [7, 11) is 0. The van der Waals surface area contributed by atoms with Gasteiger partial charge in [-0.05, 0) is 50.6 Å². The monoisotopic (exact) mass is 381 g/mol. The molecule has 0 radical (unpaired) electrons. The molecule has 0 aliphatic heterocycles. The first-order chi connectivity index (χ1) is 14.0. The van der Waals surface area contributed by atoms with E-state index >= 15 is 0 Å². The number of para-hydroxylation sites is 1. The normalized spacial score (nSPS) is 10.7. The van der Waals surface area contributed by atoms with Crippen LogP contribution in [-0.2, 0) is 0 Å². The zero-order valence-corrected chi connectivity index (χ0v) is 16.8. The molecule has 4 rings (SSSR count). The minimum Gasteiger partial charge on any atom is -0.321 e. The molecule has 144 valence electrons. The topological polar surface area (TPSA) is 46.9 Å². The molecule has 1 N–H and O–H groups in total. The summed E-state index contributed by atoms with van der Waals surface area (Å²) in [6, 6.07) is 25.9. The van der Waals surface area contributed by atoms with Crippen LogP contribution >= 0.6 is 0 Å². The van der Waals surface area contributed by atoms with Crippen LogP contribution in [0.15, 0.2) is 78.9 Å². The highest BCUT2D eigenvalue weighted by molar-refractivity contribution is 6.03. The van der Waals surface area contributed by atoms with Gasteiger partial charge in [-0.3, -0.25) is 4.79 Å². The number of nitrogens with zero attached hydrogens (tertiary/aromatic N) is 2. The standard InChI is InChI=1S/C25H23N3O/c1-17-8-12-20(13-9-17)24-16-22(25(29)26-21-14-10-18(2)11-15-21)27-28(24)23-7-5-4-6-19(23)3/h4-16H,1-3H3,(H,26,29). The average Bonchev–Trinajstić information content (AvgIpc) is 3.16. The molecule has 0 saturated carbocycles. The molecule has 1 aromatic heterocycles. The number of nitrogens with one attached hydrogen (secondary N) is 1. The van der Waals surface area contributed by atoms with Crippen LogP contribution in [-0.4, -0.2) is 15.7 Å². The van der Waals surface area contributed by atoms with E-state index in [4.69, 9.17) is 0 Å². The Bertz CT molecular complexity index is 1160. The van der Waals surface area contributed by atoms with Gasteiger partial charge in [0.2, 0.25) is 0 Å². The Morgan fingerprint density at radius 3 is 2.10 bits per heavy atom. The van der Waals surface area contributed by atoms with E-state index in [1.807, 2.05) is 73.1 Å². The molecule has 0 fully saturated rings. The summed E-state index contributed by atoms with van der Waals surface area (Å²) < 4.78 is 1.85. The number of aryl methyl sites for hydroxylation is 3. The Balaban J connectivity index is 1.76. The third kappa shape index (κ3) is 3.97. The number of carbonyl (C=O) groups is 1. The Morgan fingerprint density at radius 2 is 1.45 bits per heavy atom. The number of aromatic nitrogens is 2. The fourth-order valence-corrected chi connectivity index (χ4v) is 3.24. The minimum absolute atomic E-state index is 0.227. The lowest BCUT2D eigenvalue weighted by atomic mass is 10.1. The van der Waals surface area contributed by atoms with Crippen LogP contribution in [0.25, 0.3) is 16.9 Å². The average molecular weight is 381 g/mol. The molecule has 3 aromatic carbocycles. The molecule has 29 heavy (non-hydrogen) atoms. The van der Waals surface area contributed by atoms with Gasteiger partial charge < -0.3 is 5.32 Å². The van der Waals surface area contributed by atoms with Crippen LogP contribution in [0.2, 0.25) is 0 Å². The van der Waals surface area contributed by atoms with E-state index in [1.54, 1.807) is 0 Å². The smallest absolute Gasteiger partial charge is 0.276 e. The third-order valence-corrected chi connectivity index (χ3v) is 4.94. The molecule has 0 unspecified atom stereocenters. The molecule has 0 spiro atoms. The van der Waals surface area contributed by atoms with E-state index in [0.29, 0.717) is 5.69 Å². The van der Waals surface area contributed by atoms with E-state index < -0.39 is 0 Å². The van der Waals surface area contributed by atoms with Crippen LogP contribution in [0.1, 0.15) is 27.2 Å². The minimum atomic E-state index is -0.227. The van der Waals surface area contributed by atoms with Crippen molar-refractivity contribution in [2.45, 2.75) is 20.8 Å². The number of hydrogen-bond acceptors (Lipinski definition) is 2. The van der Waals surface area contributed by atoms with Crippen molar-refractivity contribution >= 4 is 11.6 Å². The second-order valence-corrected chi connectivity index (χ2v) is 7.30. The number of rotatable bonds is 4. The summed E-state index contributed by atoms with van der Waals surface area (Å²) in [5.74, 6) is -0.227. The molecule has 1 heterocycles. The summed E-state index contributed by atoms with van der Waals surface area (Å²) >= 11 is 0. The third-order valence-electron chi connectivity index (χ3n) is 4.94. The Kier molecular flexibility index (Phi) is 5.00. The van der Waals surface area contributed by atoms with Crippen molar-refractivity contribution in [2.24, 2.45) is 0 Å². The van der Waals surface area contributed by atoms with Gasteiger partial charge in [-0.25, -0.2) is 4.68 Å². The van der Waals surface area contributed by atoms with Crippen LogP contribution < -0.4 is 5.32 Å². The van der Waals surface area contributed by atoms with Crippen molar-refractivity contribution in [2.75, 3.05) is 5.32 Å². The van der Waals surface area contributed by atoms with Crippen molar-refractivity contribution < 1.29 is 4.79 Å².